The lowest BCUT2D eigenvalue weighted by Gasteiger charge is -2.26. The van der Waals surface area contributed by atoms with E-state index in [-0.39, 0.29) is 21.7 Å². The summed E-state index contributed by atoms with van der Waals surface area (Å²) >= 11 is 0. The van der Waals surface area contributed by atoms with Crippen molar-refractivity contribution in [2.24, 2.45) is 5.14 Å². The maximum atomic E-state index is 13.0. The maximum Gasteiger partial charge on any atom is 0.238 e. The van der Waals surface area contributed by atoms with Crippen LogP contribution in [-0.4, -0.2) is 38.1 Å². The number of Topliss-reactive ketones (excluding diaryl/α,β-unsaturated/α-hetero) is 1. The summed E-state index contributed by atoms with van der Waals surface area (Å²) in [6.45, 7) is 1.83. The third-order valence-electron chi connectivity index (χ3n) is 5.25. The molecule has 0 saturated carbocycles. The Kier molecular flexibility index (Phi) is 5.03. The van der Waals surface area contributed by atoms with E-state index in [1.165, 1.54) is 18.2 Å². The number of carbonyl (C=O) groups is 2. The quantitative estimate of drug-likeness (QED) is 0.694. The third kappa shape index (κ3) is 3.71. The molecule has 2 aromatic rings. The van der Waals surface area contributed by atoms with Gasteiger partial charge in [0, 0.05) is 17.8 Å². The van der Waals surface area contributed by atoms with Gasteiger partial charge in [0.2, 0.25) is 15.8 Å². The van der Waals surface area contributed by atoms with Crippen LogP contribution in [0.25, 0.3) is 0 Å². The van der Waals surface area contributed by atoms with Crippen LogP contribution in [0.1, 0.15) is 45.0 Å². The second kappa shape index (κ2) is 7.51. The Labute approximate surface area is 168 Å². The lowest BCUT2D eigenvalue weighted by Crippen LogP contribution is -2.28. The number of piperidine rings is 1. The molecule has 4 rings (SSSR count). The summed E-state index contributed by atoms with van der Waals surface area (Å²) in [7, 11) is -4.14. The first-order valence-electron chi connectivity index (χ1n) is 9.24. The normalized spacial score (nSPS) is 17.6. The number of rotatable bonds is 4. The van der Waals surface area contributed by atoms with Crippen molar-refractivity contribution in [1.29, 1.82) is 0 Å². The lowest BCUT2D eigenvalue weighted by molar-refractivity contribution is 0.0983. The number of primary sulfonamides is 1. The predicted molar refractivity (Wildman–Crippen MR) is 107 cm³/mol. The summed E-state index contributed by atoms with van der Waals surface area (Å²) in [4.78, 5) is 29.5. The number of anilines is 1. The second-order valence-electron chi connectivity index (χ2n) is 7.09. The van der Waals surface area contributed by atoms with E-state index in [2.05, 4.69) is 15.6 Å². The largest absolute Gasteiger partial charge is 0.351 e. The standard InChI is InChI=1S/C20H20N4O4S/c21-29(27,28)18-3-1-2-14-19(18)17(25)10-15(20(14)26)24-16-11-23-9-6-13(16)12-4-7-22-8-5-12/h1-3,6,9-12,22,24H,4-5,7-8H2,(H2,21,27,28). The van der Waals surface area contributed by atoms with Gasteiger partial charge in [-0.2, -0.15) is 0 Å². The number of hydrogen-bond acceptors (Lipinski definition) is 7. The fourth-order valence-electron chi connectivity index (χ4n) is 3.86. The van der Waals surface area contributed by atoms with E-state index in [1.807, 2.05) is 6.07 Å². The average molecular weight is 412 g/mol. The van der Waals surface area contributed by atoms with E-state index in [1.54, 1.807) is 12.4 Å². The van der Waals surface area contributed by atoms with Crippen LogP contribution in [0, 0.1) is 0 Å². The van der Waals surface area contributed by atoms with Crippen LogP contribution in [0.5, 0.6) is 0 Å². The fraction of sp³-hybridized carbons (Fsp3) is 0.250. The minimum atomic E-state index is -4.14. The summed E-state index contributed by atoms with van der Waals surface area (Å²) in [5.41, 5.74) is 1.61. The van der Waals surface area contributed by atoms with E-state index >= 15 is 0 Å². The first kappa shape index (κ1) is 19.4. The Balaban J connectivity index is 1.70. The van der Waals surface area contributed by atoms with Crippen molar-refractivity contribution in [1.82, 2.24) is 10.3 Å². The number of benzene rings is 1. The number of carbonyl (C=O) groups excluding carboxylic acids is 2. The fourth-order valence-corrected chi connectivity index (χ4v) is 4.63. The number of allylic oxidation sites excluding steroid dienone is 2. The Hall–Kier alpha value is -2.88. The molecule has 1 aromatic heterocycles. The Bertz CT molecular complexity index is 1130. The Morgan fingerprint density at radius 1 is 1.14 bits per heavy atom. The molecule has 2 heterocycles. The molecule has 0 amide bonds. The monoisotopic (exact) mass is 412 g/mol. The summed E-state index contributed by atoms with van der Waals surface area (Å²) in [6.07, 6.45) is 6.39. The molecule has 9 heteroatoms. The SMILES string of the molecule is NS(=O)(=O)c1cccc2c1C(=O)C=C(Nc1cnccc1C1CCNCC1)C2=O. The number of nitrogens with zero attached hydrogens (tertiary/aromatic N) is 1. The molecule has 1 fully saturated rings. The number of sulfonamides is 1. The van der Waals surface area contributed by atoms with Crippen LogP contribution in [0.2, 0.25) is 0 Å². The predicted octanol–water partition coefficient (Wildman–Crippen LogP) is 1.57. The van der Waals surface area contributed by atoms with Crippen LogP contribution >= 0.6 is 0 Å². The topological polar surface area (TPSA) is 131 Å². The highest BCUT2D eigenvalue weighted by atomic mass is 32.2. The molecule has 2 aliphatic rings. The summed E-state index contributed by atoms with van der Waals surface area (Å²) < 4.78 is 23.6. The average Bonchev–Trinajstić information content (AvgIpc) is 2.72. The van der Waals surface area contributed by atoms with Gasteiger partial charge in [-0.05, 0) is 49.5 Å². The van der Waals surface area contributed by atoms with Gasteiger partial charge in [-0.25, -0.2) is 13.6 Å². The highest BCUT2D eigenvalue weighted by Gasteiger charge is 2.31. The smallest absolute Gasteiger partial charge is 0.238 e. The zero-order valence-corrected chi connectivity index (χ0v) is 16.3. The zero-order chi connectivity index (χ0) is 20.6. The number of aromatic nitrogens is 1. The molecule has 8 nitrogen and oxygen atoms in total. The molecule has 0 unspecified atom stereocenters. The molecule has 0 atom stereocenters. The van der Waals surface area contributed by atoms with Crippen LogP contribution < -0.4 is 15.8 Å². The van der Waals surface area contributed by atoms with Crippen molar-refractivity contribution in [3.63, 3.8) is 0 Å². The van der Waals surface area contributed by atoms with Crippen LogP contribution in [0.4, 0.5) is 5.69 Å². The number of nitrogens with two attached hydrogens (primary N) is 1. The molecule has 29 heavy (non-hydrogen) atoms. The van der Waals surface area contributed by atoms with Gasteiger partial charge in [-0.15, -0.1) is 0 Å². The number of fused-ring (bicyclic) bond motifs is 1. The van der Waals surface area contributed by atoms with E-state index in [0.717, 1.165) is 37.6 Å². The van der Waals surface area contributed by atoms with Crippen molar-refractivity contribution in [2.45, 2.75) is 23.7 Å². The first-order valence-corrected chi connectivity index (χ1v) is 10.8. The Morgan fingerprint density at radius 3 is 2.62 bits per heavy atom. The Morgan fingerprint density at radius 2 is 1.90 bits per heavy atom. The molecule has 1 aromatic carbocycles. The van der Waals surface area contributed by atoms with Crippen LogP contribution in [0.3, 0.4) is 0 Å². The highest BCUT2D eigenvalue weighted by molar-refractivity contribution is 7.89. The van der Waals surface area contributed by atoms with Gasteiger partial charge in [-0.3, -0.25) is 14.6 Å². The van der Waals surface area contributed by atoms with Gasteiger partial charge in [-0.1, -0.05) is 12.1 Å². The van der Waals surface area contributed by atoms with Crippen molar-refractivity contribution in [3.05, 3.63) is 65.1 Å². The molecule has 0 radical (unpaired) electrons. The molecule has 4 N–H and O–H groups in total. The summed E-state index contributed by atoms with van der Waals surface area (Å²) in [6, 6.07) is 5.97. The molecular weight excluding hydrogens is 392 g/mol. The molecule has 1 aliphatic carbocycles. The number of pyridine rings is 1. The number of nitrogens with one attached hydrogen (secondary N) is 2. The van der Waals surface area contributed by atoms with E-state index < -0.39 is 21.6 Å². The minimum Gasteiger partial charge on any atom is -0.351 e. The number of hydrogen-bond donors (Lipinski definition) is 3. The van der Waals surface area contributed by atoms with Gasteiger partial charge in [0.15, 0.2) is 5.78 Å². The van der Waals surface area contributed by atoms with Gasteiger partial charge in [0.1, 0.15) is 0 Å². The van der Waals surface area contributed by atoms with Crippen molar-refractivity contribution in [3.8, 4) is 0 Å². The van der Waals surface area contributed by atoms with E-state index in [4.69, 9.17) is 5.14 Å². The number of ketones is 2. The van der Waals surface area contributed by atoms with E-state index in [0.29, 0.717) is 11.6 Å². The van der Waals surface area contributed by atoms with E-state index in [9.17, 15) is 18.0 Å². The molecule has 0 bridgehead atoms. The molecule has 1 aliphatic heterocycles. The van der Waals surface area contributed by atoms with Crippen LogP contribution in [-0.2, 0) is 10.0 Å². The highest BCUT2D eigenvalue weighted by Crippen LogP contribution is 2.33. The second-order valence-corrected chi connectivity index (χ2v) is 8.62. The van der Waals surface area contributed by atoms with Crippen molar-refractivity contribution >= 4 is 27.3 Å². The maximum absolute atomic E-state index is 13.0. The third-order valence-corrected chi connectivity index (χ3v) is 6.20. The van der Waals surface area contributed by atoms with Gasteiger partial charge in [0.25, 0.3) is 0 Å². The first-order chi connectivity index (χ1) is 13.9. The van der Waals surface area contributed by atoms with Crippen LogP contribution in [0.15, 0.2) is 53.3 Å². The molecule has 150 valence electrons. The summed E-state index contributed by atoms with van der Waals surface area (Å²) in [5.74, 6) is -0.734. The van der Waals surface area contributed by atoms with Gasteiger partial charge < -0.3 is 10.6 Å². The molecule has 0 spiro atoms. The van der Waals surface area contributed by atoms with Gasteiger partial charge >= 0.3 is 0 Å². The minimum absolute atomic E-state index is 0.0128. The molecular formula is C20H20N4O4S. The van der Waals surface area contributed by atoms with Crippen molar-refractivity contribution in [2.75, 3.05) is 18.4 Å². The lowest BCUT2D eigenvalue weighted by atomic mass is 9.89. The molecule has 1 saturated heterocycles. The van der Waals surface area contributed by atoms with Crippen molar-refractivity contribution < 1.29 is 18.0 Å². The van der Waals surface area contributed by atoms with Gasteiger partial charge in [0.05, 0.1) is 28.0 Å². The zero-order valence-electron chi connectivity index (χ0n) is 15.5. The summed E-state index contributed by atoms with van der Waals surface area (Å²) in [5, 5.41) is 11.6.